The highest BCUT2D eigenvalue weighted by atomic mass is 16.2. The lowest BCUT2D eigenvalue weighted by Crippen LogP contribution is -2.39. The SMILES string of the molecule is CC1CCC(=O)N(C[C@@H](C)N)CC1. The first-order valence-electron chi connectivity index (χ1n) is 5.13. The van der Waals surface area contributed by atoms with Gasteiger partial charge in [-0.05, 0) is 25.7 Å². The van der Waals surface area contributed by atoms with Crippen LogP contribution >= 0.6 is 0 Å². The quantitative estimate of drug-likeness (QED) is 0.695. The van der Waals surface area contributed by atoms with Crippen LogP contribution in [0.15, 0.2) is 0 Å². The highest BCUT2D eigenvalue weighted by Crippen LogP contribution is 2.17. The van der Waals surface area contributed by atoms with Crippen LogP contribution in [-0.2, 0) is 4.79 Å². The molecule has 0 aliphatic carbocycles. The number of rotatable bonds is 2. The van der Waals surface area contributed by atoms with E-state index in [0.29, 0.717) is 18.9 Å². The fourth-order valence-corrected chi connectivity index (χ4v) is 1.71. The second-order valence-electron chi connectivity index (χ2n) is 4.25. The lowest BCUT2D eigenvalue weighted by molar-refractivity contribution is -0.130. The molecular weight excluding hydrogens is 164 g/mol. The van der Waals surface area contributed by atoms with Crippen molar-refractivity contribution in [1.29, 1.82) is 0 Å². The molecule has 0 radical (unpaired) electrons. The van der Waals surface area contributed by atoms with E-state index in [1.54, 1.807) is 0 Å². The maximum Gasteiger partial charge on any atom is 0.222 e. The molecule has 1 saturated heterocycles. The van der Waals surface area contributed by atoms with Crippen molar-refractivity contribution in [2.75, 3.05) is 13.1 Å². The molecule has 2 atom stereocenters. The number of carbonyl (C=O) groups is 1. The number of amides is 1. The molecule has 1 amide bonds. The minimum atomic E-state index is 0.0948. The van der Waals surface area contributed by atoms with Crippen molar-refractivity contribution in [2.24, 2.45) is 11.7 Å². The molecule has 1 fully saturated rings. The zero-order valence-corrected chi connectivity index (χ0v) is 8.62. The van der Waals surface area contributed by atoms with Crippen LogP contribution in [0, 0.1) is 5.92 Å². The summed E-state index contributed by atoms with van der Waals surface area (Å²) in [5.74, 6) is 0.962. The highest BCUT2D eigenvalue weighted by Gasteiger charge is 2.20. The molecule has 0 bridgehead atoms. The van der Waals surface area contributed by atoms with Gasteiger partial charge in [0.25, 0.3) is 0 Å². The molecule has 1 aliphatic heterocycles. The van der Waals surface area contributed by atoms with Crippen molar-refractivity contribution in [3.05, 3.63) is 0 Å². The molecule has 2 N–H and O–H groups in total. The van der Waals surface area contributed by atoms with Crippen LogP contribution in [0.1, 0.15) is 33.1 Å². The monoisotopic (exact) mass is 184 g/mol. The van der Waals surface area contributed by atoms with E-state index in [4.69, 9.17) is 5.73 Å². The Hall–Kier alpha value is -0.570. The summed E-state index contributed by atoms with van der Waals surface area (Å²) in [7, 11) is 0. The van der Waals surface area contributed by atoms with Gasteiger partial charge in [0.2, 0.25) is 5.91 Å². The molecule has 0 saturated carbocycles. The predicted molar refractivity (Wildman–Crippen MR) is 53.2 cm³/mol. The maximum absolute atomic E-state index is 11.6. The van der Waals surface area contributed by atoms with Crippen molar-refractivity contribution < 1.29 is 4.79 Å². The van der Waals surface area contributed by atoms with Crippen LogP contribution in [0.3, 0.4) is 0 Å². The summed E-state index contributed by atoms with van der Waals surface area (Å²) >= 11 is 0. The molecule has 3 nitrogen and oxygen atoms in total. The molecule has 13 heavy (non-hydrogen) atoms. The summed E-state index contributed by atoms with van der Waals surface area (Å²) in [6.45, 7) is 5.76. The summed E-state index contributed by atoms with van der Waals surface area (Å²) < 4.78 is 0. The minimum absolute atomic E-state index is 0.0948. The molecule has 0 spiro atoms. The van der Waals surface area contributed by atoms with E-state index in [0.717, 1.165) is 19.4 Å². The largest absolute Gasteiger partial charge is 0.341 e. The molecule has 76 valence electrons. The first kappa shape index (κ1) is 10.5. The minimum Gasteiger partial charge on any atom is -0.341 e. The van der Waals surface area contributed by atoms with Gasteiger partial charge in [-0.1, -0.05) is 6.92 Å². The lowest BCUT2D eigenvalue weighted by Gasteiger charge is -2.22. The Labute approximate surface area is 80.3 Å². The van der Waals surface area contributed by atoms with Gasteiger partial charge in [-0.25, -0.2) is 0 Å². The van der Waals surface area contributed by atoms with Gasteiger partial charge in [0.1, 0.15) is 0 Å². The lowest BCUT2D eigenvalue weighted by atomic mass is 10.0. The number of carbonyl (C=O) groups excluding carboxylic acids is 1. The first-order valence-corrected chi connectivity index (χ1v) is 5.13. The molecule has 0 aromatic heterocycles. The van der Waals surface area contributed by atoms with Crippen LogP contribution in [0.2, 0.25) is 0 Å². The Kier molecular flexibility index (Phi) is 3.72. The van der Waals surface area contributed by atoms with E-state index in [-0.39, 0.29) is 11.9 Å². The Morgan fingerprint density at radius 2 is 2.31 bits per heavy atom. The van der Waals surface area contributed by atoms with Crippen molar-refractivity contribution in [1.82, 2.24) is 4.90 Å². The van der Waals surface area contributed by atoms with Crippen LogP contribution in [0.5, 0.6) is 0 Å². The van der Waals surface area contributed by atoms with Gasteiger partial charge >= 0.3 is 0 Å². The standard InChI is InChI=1S/C10H20N2O/c1-8-3-4-10(13)12(6-5-8)7-9(2)11/h8-9H,3-7,11H2,1-2H3/t8?,9-/m1/s1. The third kappa shape index (κ3) is 3.35. The molecule has 1 heterocycles. The average molecular weight is 184 g/mol. The second-order valence-corrected chi connectivity index (χ2v) is 4.25. The molecule has 1 aliphatic rings. The molecule has 1 unspecified atom stereocenters. The fraction of sp³-hybridized carbons (Fsp3) is 0.900. The zero-order chi connectivity index (χ0) is 9.84. The van der Waals surface area contributed by atoms with Gasteiger partial charge in [0.05, 0.1) is 0 Å². The normalized spacial score (nSPS) is 27.2. The molecule has 3 heteroatoms. The molecule has 0 aromatic rings. The number of nitrogens with zero attached hydrogens (tertiary/aromatic N) is 1. The highest BCUT2D eigenvalue weighted by molar-refractivity contribution is 5.76. The van der Waals surface area contributed by atoms with Crippen molar-refractivity contribution in [3.63, 3.8) is 0 Å². The topological polar surface area (TPSA) is 46.3 Å². The number of likely N-dealkylation sites (tertiary alicyclic amines) is 1. The third-order valence-electron chi connectivity index (χ3n) is 2.60. The Balaban J connectivity index is 2.47. The fourth-order valence-electron chi connectivity index (χ4n) is 1.71. The van der Waals surface area contributed by atoms with Crippen molar-refractivity contribution in [3.8, 4) is 0 Å². The number of nitrogens with two attached hydrogens (primary N) is 1. The van der Waals surface area contributed by atoms with E-state index in [1.165, 1.54) is 0 Å². The summed E-state index contributed by atoms with van der Waals surface area (Å²) in [6, 6.07) is 0.0948. The van der Waals surface area contributed by atoms with E-state index in [2.05, 4.69) is 6.92 Å². The van der Waals surface area contributed by atoms with Crippen LogP contribution < -0.4 is 5.73 Å². The predicted octanol–water partition coefficient (Wildman–Crippen LogP) is 0.982. The molecular formula is C10H20N2O. The Bertz CT molecular complexity index is 180. The van der Waals surface area contributed by atoms with E-state index < -0.39 is 0 Å². The summed E-state index contributed by atoms with van der Waals surface area (Å²) in [6.07, 6.45) is 2.86. The Morgan fingerprint density at radius 1 is 1.62 bits per heavy atom. The second kappa shape index (κ2) is 4.61. The summed E-state index contributed by atoms with van der Waals surface area (Å²) in [5.41, 5.74) is 5.68. The maximum atomic E-state index is 11.6. The van der Waals surface area contributed by atoms with Gasteiger partial charge in [-0.2, -0.15) is 0 Å². The van der Waals surface area contributed by atoms with Gasteiger partial charge in [0.15, 0.2) is 0 Å². The number of hydrogen-bond donors (Lipinski definition) is 1. The zero-order valence-electron chi connectivity index (χ0n) is 8.62. The summed E-state index contributed by atoms with van der Waals surface area (Å²) in [5, 5.41) is 0. The average Bonchev–Trinajstić information content (AvgIpc) is 2.19. The van der Waals surface area contributed by atoms with Crippen LogP contribution in [0.25, 0.3) is 0 Å². The summed E-state index contributed by atoms with van der Waals surface area (Å²) in [4.78, 5) is 13.5. The van der Waals surface area contributed by atoms with E-state index in [1.807, 2.05) is 11.8 Å². The number of hydrogen-bond acceptors (Lipinski definition) is 2. The van der Waals surface area contributed by atoms with Gasteiger partial charge in [-0.15, -0.1) is 0 Å². The van der Waals surface area contributed by atoms with E-state index in [9.17, 15) is 4.79 Å². The van der Waals surface area contributed by atoms with Crippen molar-refractivity contribution >= 4 is 5.91 Å². The van der Waals surface area contributed by atoms with Crippen LogP contribution in [0.4, 0.5) is 0 Å². The van der Waals surface area contributed by atoms with Crippen LogP contribution in [-0.4, -0.2) is 29.9 Å². The third-order valence-corrected chi connectivity index (χ3v) is 2.60. The van der Waals surface area contributed by atoms with E-state index >= 15 is 0 Å². The van der Waals surface area contributed by atoms with Gasteiger partial charge < -0.3 is 10.6 Å². The Morgan fingerprint density at radius 3 is 2.92 bits per heavy atom. The molecule has 1 rings (SSSR count). The first-order chi connectivity index (χ1) is 6.09. The molecule has 0 aromatic carbocycles. The smallest absolute Gasteiger partial charge is 0.222 e. The van der Waals surface area contributed by atoms with Gasteiger partial charge in [0, 0.05) is 25.6 Å². The van der Waals surface area contributed by atoms with Crippen molar-refractivity contribution in [2.45, 2.75) is 39.2 Å². The van der Waals surface area contributed by atoms with Gasteiger partial charge in [-0.3, -0.25) is 4.79 Å².